The number of rotatable bonds is 0. The molecule has 0 heterocycles. The van der Waals surface area contributed by atoms with Crippen LogP contribution in [0.25, 0.3) is 0 Å². The molecule has 0 nitrogen and oxygen atoms in total. The molecular weight excluding hydrogens is 108 g/mol. The van der Waals surface area contributed by atoms with E-state index in [1.165, 1.54) is 35.5 Å². The predicted molar refractivity (Wildman–Crippen MR) is 34.8 cm³/mol. The summed E-state index contributed by atoms with van der Waals surface area (Å²) in [5.41, 5.74) is 0. The van der Waals surface area contributed by atoms with E-state index in [-0.39, 0.29) is 0 Å². The molecule has 4 aliphatic rings. The van der Waals surface area contributed by atoms with Crippen LogP contribution in [-0.4, -0.2) is 0 Å². The Bertz CT molecular complexity index is 158. The lowest BCUT2D eigenvalue weighted by atomic mass is 9.31. The Hall–Kier alpha value is 0. The molecule has 0 aromatic heterocycles. The lowest BCUT2D eigenvalue weighted by molar-refractivity contribution is -0.260. The maximum Gasteiger partial charge on any atom is -0.0318 e. The van der Waals surface area contributed by atoms with Crippen molar-refractivity contribution in [2.75, 3.05) is 0 Å². The molecule has 9 heavy (non-hydrogen) atoms. The Morgan fingerprint density at radius 2 is 1.22 bits per heavy atom. The van der Waals surface area contributed by atoms with Crippen molar-refractivity contribution in [1.82, 2.24) is 0 Å². The van der Waals surface area contributed by atoms with E-state index < -0.39 is 0 Å². The Kier molecular flexibility index (Phi) is 0.395. The van der Waals surface area contributed by atoms with Crippen LogP contribution in [0.5, 0.6) is 0 Å². The fraction of sp³-hybridized carbons (Fsp3) is 1.00. The molecule has 4 rings (SSSR count). The summed E-state index contributed by atoms with van der Waals surface area (Å²) in [5, 5.41) is 0. The molecule has 0 bridgehead atoms. The van der Waals surface area contributed by atoms with Crippen LogP contribution in [0, 0.1) is 35.5 Å². The van der Waals surface area contributed by atoms with Gasteiger partial charge in [-0.3, -0.25) is 0 Å². The van der Waals surface area contributed by atoms with Crippen molar-refractivity contribution in [2.24, 2.45) is 35.5 Å². The molecule has 0 aliphatic heterocycles. The standard InChI is InChI=1S/C9H12/c1-2-5-7-3-6-4(1)8(5)9(6)7/h4-9H,1-3H2. The summed E-state index contributed by atoms with van der Waals surface area (Å²) in [4.78, 5) is 0. The van der Waals surface area contributed by atoms with Gasteiger partial charge in [0, 0.05) is 0 Å². The van der Waals surface area contributed by atoms with Crippen molar-refractivity contribution in [1.29, 1.82) is 0 Å². The van der Waals surface area contributed by atoms with E-state index >= 15 is 0 Å². The summed E-state index contributed by atoms with van der Waals surface area (Å²) in [5.74, 6) is 7.61. The minimum absolute atomic E-state index is 1.25. The van der Waals surface area contributed by atoms with Crippen LogP contribution < -0.4 is 0 Å². The molecule has 4 fully saturated rings. The van der Waals surface area contributed by atoms with Crippen molar-refractivity contribution in [2.45, 2.75) is 19.3 Å². The third kappa shape index (κ3) is 0.210. The van der Waals surface area contributed by atoms with Crippen molar-refractivity contribution in [3.63, 3.8) is 0 Å². The van der Waals surface area contributed by atoms with Crippen LogP contribution in [0.3, 0.4) is 0 Å². The fourth-order valence-corrected chi connectivity index (χ4v) is 4.61. The number of hydrogen-bond acceptors (Lipinski definition) is 0. The summed E-state index contributed by atoms with van der Waals surface area (Å²) >= 11 is 0. The van der Waals surface area contributed by atoms with Gasteiger partial charge >= 0.3 is 0 Å². The first kappa shape index (κ1) is 4.00. The normalized spacial score (nSPS) is 80.0. The lowest BCUT2D eigenvalue weighted by Gasteiger charge is -2.73. The summed E-state index contributed by atoms with van der Waals surface area (Å²) in [6.45, 7) is 0. The average molecular weight is 120 g/mol. The summed E-state index contributed by atoms with van der Waals surface area (Å²) in [7, 11) is 0. The highest BCUT2D eigenvalue weighted by molar-refractivity contribution is 5.22. The number of fused-ring (bicyclic) bond motifs is 2. The van der Waals surface area contributed by atoms with Crippen molar-refractivity contribution < 1.29 is 0 Å². The van der Waals surface area contributed by atoms with Gasteiger partial charge in [-0.05, 0) is 54.8 Å². The van der Waals surface area contributed by atoms with Gasteiger partial charge in [0.1, 0.15) is 0 Å². The fourth-order valence-electron chi connectivity index (χ4n) is 4.61. The van der Waals surface area contributed by atoms with Crippen LogP contribution in [0.4, 0.5) is 0 Å². The number of hydrogen-bond donors (Lipinski definition) is 0. The van der Waals surface area contributed by atoms with Gasteiger partial charge in [-0.25, -0.2) is 0 Å². The molecule has 0 amide bonds. The molecule has 0 saturated heterocycles. The van der Waals surface area contributed by atoms with Gasteiger partial charge in [-0.1, -0.05) is 0 Å². The van der Waals surface area contributed by atoms with Crippen molar-refractivity contribution >= 4 is 0 Å². The SMILES string of the molecule is C1CC2C3CC4C1C2C43. The van der Waals surface area contributed by atoms with Crippen LogP contribution >= 0.6 is 0 Å². The zero-order chi connectivity index (χ0) is 5.59. The van der Waals surface area contributed by atoms with Gasteiger partial charge in [-0.2, -0.15) is 0 Å². The van der Waals surface area contributed by atoms with Crippen LogP contribution in [0.2, 0.25) is 0 Å². The third-order valence-electron chi connectivity index (χ3n) is 4.90. The summed E-state index contributed by atoms with van der Waals surface area (Å²) < 4.78 is 0. The summed E-state index contributed by atoms with van der Waals surface area (Å²) in [6, 6.07) is 0. The minimum atomic E-state index is 1.25. The van der Waals surface area contributed by atoms with Gasteiger partial charge in [0.25, 0.3) is 0 Å². The molecule has 48 valence electrons. The monoisotopic (exact) mass is 120 g/mol. The van der Waals surface area contributed by atoms with E-state index in [4.69, 9.17) is 0 Å². The molecule has 4 unspecified atom stereocenters. The molecule has 0 heteroatoms. The van der Waals surface area contributed by atoms with Gasteiger partial charge < -0.3 is 0 Å². The Morgan fingerprint density at radius 3 is 1.67 bits per heavy atom. The maximum absolute atomic E-state index is 1.65. The van der Waals surface area contributed by atoms with E-state index in [0.29, 0.717) is 0 Å². The molecule has 4 saturated carbocycles. The molecule has 0 radical (unpaired) electrons. The van der Waals surface area contributed by atoms with E-state index in [1.54, 1.807) is 19.3 Å². The van der Waals surface area contributed by atoms with Crippen LogP contribution in [0.15, 0.2) is 0 Å². The predicted octanol–water partition coefficient (Wildman–Crippen LogP) is 1.91. The Labute approximate surface area is 55.6 Å². The molecule has 0 aromatic carbocycles. The molecule has 0 N–H and O–H groups in total. The topological polar surface area (TPSA) is 0 Å². The average Bonchev–Trinajstić information content (AvgIpc) is 2.02. The first-order chi connectivity index (χ1) is 4.47. The molecule has 0 spiro atoms. The first-order valence-corrected chi connectivity index (χ1v) is 4.47. The molecule has 4 aliphatic carbocycles. The second kappa shape index (κ2) is 0.889. The quantitative estimate of drug-likeness (QED) is 0.458. The highest BCUT2D eigenvalue weighted by Crippen LogP contribution is 2.80. The van der Waals surface area contributed by atoms with E-state index in [0.717, 1.165) is 0 Å². The second-order valence-electron chi connectivity index (χ2n) is 4.62. The van der Waals surface area contributed by atoms with Gasteiger partial charge in [-0.15, -0.1) is 0 Å². The highest BCUT2D eigenvalue weighted by Gasteiger charge is 2.74. The Morgan fingerprint density at radius 1 is 0.667 bits per heavy atom. The van der Waals surface area contributed by atoms with Gasteiger partial charge in [0.2, 0.25) is 0 Å². The molecular formula is C9H12. The zero-order valence-corrected chi connectivity index (χ0v) is 5.59. The summed E-state index contributed by atoms with van der Waals surface area (Å²) in [6.07, 6.45) is 4.89. The molecule has 0 aromatic rings. The highest BCUT2D eigenvalue weighted by atomic mass is 14.8. The zero-order valence-electron chi connectivity index (χ0n) is 5.59. The maximum atomic E-state index is 1.65. The third-order valence-corrected chi connectivity index (χ3v) is 4.90. The minimum Gasteiger partial charge on any atom is -0.0496 e. The van der Waals surface area contributed by atoms with Crippen molar-refractivity contribution in [3.05, 3.63) is 0 Å². The van der Waals surface area contributed by atoms with E-state index in [1.807, 2.05) is 0 Å². The van der Waals surface area contributed by atoms with Gasteiger partial charge in [0.05, 0.1) is 0 Å². The smallest absolute Gasteiger partial charge is 0.0318 e. The largest absolute Gasteiger partial charge is 0.0496 e. The van der Waals surface area contributed by atoms with Gasteiger partial charge in [0.15, 0.2) is 0 Å². The van der Waals surface area contributed by atoms with Crippen molar-refractivity contribution in [3.8, 4) is 0 Å². The van der Waals surface area contributed by atoms with Crippen LogP contribution in [0.1, 0.15) is 19.3 Å². The molecule has 4 atom stereocenters. The second-order valence-corrected chi connectivity index (χ2v) is 4.62. The van der Waals surface area contributed by atoms with Crippen LogP contribution in [-0.2, 0) is 0 Å². The van der Waals surface area contributed by atoms with E-state index in [9.17, 15) is 0 Å². The van der Waals surface area contributed by atoms with E-state index in [2.05, 4.69) is 0 Å². The Balaban J connectivity index is 1.91. The lowest BCUT2D eigenvalue weighted by Crippen LogP contribution is -2.69. The first-order valence-electron chi connectivity index (χ1n) is 4.47.